The second-order valence-corrected chi connectivity index (χ2v) is 8.12. The molecule has 5 heteroatoms. The van der Waals surface area contributed by atoms with E-state index in [2.05, 4.69) is 29.2 Å². The summed E-state index contributed by atoms with van der Waals surface area (Å²) in [6.07, 6.45) is 6.33. The predicted octanol–water partition coefficient (Wildman–Crippen LogP) is 3.21. The second kappa shape index (κ2) is 5.01. The zero-order valence-corrected chi connectivity index (χ0v) is 13.5. The van der Waals surface area contributed by atoms with Crippen molar-refractivity contribution in [2.45, 2.75) is 30.7 Å². The summed E-state index contributed by atoms with van der Waals surface area (Å²) in [5.41, 5.74) is 5.34. The zero-order chi connectivity index (χ0) is 16.1. The molecule has 2 aliphatic rings. The summed E-state index contributed by atoms with van der Waals surface area (Å²) in [7, 11) is -3.75. The Balaban J connectivity index is 1.78. The number of aromatic nitrogens is 1. The van der Waals surface area contributed by atoms with Gasteiger partial charge in [0.05, 0.1) is 0 Å². The zero-order valence-electron chi connectivity index (χ0n) is 12.7. The van der Waals surface area contributed by atoms with Gasteiger partial charge in [-0.2, -0.15) is 0 Å². The van der Waals surface area contributed by atoms with E-state index < -0.39 is 10.0 Å². The van der Waals surface area contributed by atoms with Gasteiger partial charge in [0.2, 0.25) is 0 Å². The maximum atomic E-state index is 11.4. The molecule has 118 valence electrons. The Morgan fingerprint density at radius 2 is 1.57 bits per heavy atom. The van der Waals surface area contributed by atoms with E-state index in [9.17, 15) is 8.42 Å². The molecule has 4 nitrogen and oxygen atoms in total. The molecule has 1 spiro atoms. The monoisotopic (exact) mass is 326 g/mol. The summed E-state index contributed by atoms with van der Waals surface area (Å²) in [4.78, 5) is 4.04. The molecular formula is C18H18N2O2S. The van der Waals surface area contributed by atoms with Crippen LogP contribution in [0.1, 0.15) is 36.8 Å². The van der Waals surface area contributed by atoms with Crippen LogP contribution in [0.4, 0.5) is 0 Å². The first kappa shape index (κ1) is 14.6. The molecule has 1 saturated carbocycles. The molecule has 2 aliphatic carbocycles. The number of rotatable bonds is 3. The Bertz CT molecular complexity index is 880. The normalized spacial score (nSPS) is 19.3. The van der Waals surface area contributed by atoms with Gasteiger partial charge in [0, 0.05) is 6.20 Å². The van der Waals surface area contributed by atoms with E-state index in [1.807, 2.05) is 12.1 Å². The third-order valence-electron chi connectivity index (χ3n) is 4.92. The van der Waals surface area contributed by atoms with E-state index in [-0.39, 0.29) is 5.03 Å². The first-order valence-electron chi connectivity index (χ1n) is 7.74. The van der Waals surface area contributed by atoms with Crippen molar-refractivity contribution in [1.82, 2.24) is 4.98 Å². The van der Waals surface area contributed by atoms with Crippen LogP contribution in [0.5, 0.6) is 0 Å². The average molecular weight is 326 g/mol. The Kier molecular flexibility index (Phi) is 3.18. The minimum absolute atomic E-state index is 0.0813. The highest BCUT2D eigenvalue weighted by Gasteiger charge is 2.48. The summed E-state index contributed by atoms with van der Waals surface area (Å²) < 4.78 is 22.7. The van der Waals surface area contributed by atoms with E-state index >= 15 is 0 Å². The molecule has 1 aromatic carbocycles. The quantitative estimate of drug-likeness (QED) is 0.941. The number of hydrogen-bond donors (Lipinski definition) is 1. The van der Waals surface area contributed by atoms with Crippen LogP contribution in [-0.4, -0.2) is 13.4 Å². The minimum atomic E-state index is -3.75. The van der Waals surface area contributed by atoms with Crippen molar-refractivity contribution < 1.29 is 8.42 Å². The van der Waals surface area contributed by atoms with Gasteiger partial charge in [-0.25, -0.2) is 18.5 Å². The van der Waals surface area contributed by atoms with E-state index in [1.54, 1.807) is 6.20 Å². The summed E-state index contributed by atoms with van der Waals surface area (Å²) in [6.45, 7) is 0. The topological polar surface area (TPSA) is 73.1 Å². The molecule has 0 unspecified atom stereocenters. The number of primary sulfonamides is 1. The molecule has 0 radical (unpaired) electrons. The molecular weight excluding hydrogens is 308 g/mol. The highest BCUT2D eigenvalue weighted by molar-refractivity contribution is 7.89. The first-order valence-corrected chi connectivity index (χ1v) is 9.28. The molecule has 0 atom stereocenters. The molecule has 4 rings (SSSR count). The third kappa shape index (κ3) is 2.71. The molecule has 1 aromatic heterocycles. The molecule has 0 saturated heterocycles. The highest BCUT2D eigenvalue weighted by atomic mass is 32.2. The molecule has 1 fully saturated rings. The van der Waals surface area contributed by atoms with Gasteiger partial charge in [-0.05, 0) is 59.4 Å². The molecule has 0 amide bonds. The number of hydrogen-bond acceptors (Lipinski definition) is 3. The van der Waals surface area contributed by atoms with Crippen molar-refractivity contribution in [2.24, 2.45) is 10.6 Å². The van der Waals surface area contributed by atoms with E-state index in [1.165, 1.54) is 35.6 Å². The van der Waals surface area contributed by atoms with Crippen molar-refractivity contribution in [1.29, 1.82) is 0 Å². The fourth-order valence-corrected chi connectivity index (χ4v) is 3.93. The van der Waals surface area contributed by atoms with Gasteiger partial charge < -0.3 is 0 Å². The largest absolute Gasteiger partial charge is 0.255 e. The van der Waals surface area contributed by atoms with Crippen LogP contribution < -0.4 is 5.14 Å². The Morgan fingerprint density at radius 3 is 2.09 bits per heavy atom. The van der Waals surface area contributed by atoms with Crippen molar-refractivity contribution in [3.63, 3.8) is 0 Å². The van der Waals surface area contributed by atoms with Gasteiger partial charge in [0.1, 0.15) is 0 Å². The van der Waals surface area contributed by atoms with Gasteiger partial charge in [-0.1, -0.05) is 36.4 Å². The van der Waals surface area contributed by atoms with Crippen molar-refractivity contribution in [3.05, 3.63) is 59.8 Å². The third-order valence-corrected chi connectivity index (χ3v) is 5.75. The Hall–Kier alpha value is -1.98. The summed E-state index contributed by atoms with van der Waals surface area (Å²) in [5, 5.41) is 5.05. The van der Waals surface area contributed by atoms with Gasteiger partial charge in [0.25, 0.3) is 10.0 Å². The van der Waals surface area contributed by atoms with Gasteiger partial charge in [-0.15, -0.1) is 0 Å². The SMILES string of the molecule is NS(=O)(=O)c1ccc(C2=C(c3ccccc3)CC3(CC3)C2)cn1. The lowest BCUT2D eigenvalue weighted by molar-refractivity contribution is 0.568. The highest BCUT2D eigenvalue weighted by Crippen LogP contribution is 2.63. The average Bonchev–Trinajstić information content (AvgIpc) is 3.18. The lowest BCUT2D eigenvalue weighted by Gasteiger charge is -2.08. The molecule has 1 heterocycles. The van der Waals surface area contributed by atoms with Crippen LogP contribution in [0.25, 0.3) is 11.1 Å². The lowest BCUT2D eigenvalue weighted by atomic mass is 9.98. The maximum absolute atomic E-state index is 11.4. The van der Waals surface area contributed by atoms with E-state index in [4.69, 9.17) is 5.14 Å². The number of allylic oxidation sites excluding steroid dienone is 2. The van der Waals surface area contributed by atoms with Crippen LogP contribution in [0, 0.1) is 5.41 Å². The molecule has 0 aliphatic heterocycles. The van der Waals surface area contributed by atoms with Crippen LogP contribution in [0.15, 0.2) is 53.7 Å². The number of benzene rings is 1. The van der Waals surface area contributed by atoms with Gasteiger partial charge in [0.15, 0.2) is 5.03 Å². The number of sulfonamides is 1. The van der Waals surface area contributed by atoms with Crippen LogP contribution >= 0.6 is 0 Å². The number of nitrogens with two attached hydrogens (primary N) is 1. The van der Waals surface area contributed by atoms with Crippen LogP contribution in [0.2, 0.25) is 0 Å². The summed E-state index contributed by atoms with van der Waals surface area (Å²) in [6, 6.07) is 13.7. The molecule has 2 N–H and O–H groups in total. The van der Waals surface area contributed by atoms with Crippen molar-refractivity contribution >= 4 is 21.2 Å². The number of pyridine rings is 1. The maximum Gasteiger partial charge on any atom is 0.255 e. The van der Waals surface area contributed by atoms with Crippen molar-refractivity contribution in [3.8, 4) is 0 Å². The Morgan fingerprint density at radius 1 is 0.913 bits per heavy atom. The van der Waals surface area contributed by atoms with Gasteiger partial charge >= 0.3 is 0 Å². The standard InChI is InChI=1S/C18H18N2O2S/c19-23(21,22)17-7-6-14(12-20-17)16-11-18(8-9-18)10-15(16)13-4-2-1-3-5-13/h1-7,12H,8-11H2,(H2,19,21,22). The molecule has 23 heavy (non-hydrogen) atoms. The van der Waals surface area contributed by atoms with E-state index in [0.717, 1.165) is 18.4 Å². The fourth-order valence-electron chi connectivity index (χ4n) is 3.48. The first-order chi connectivity index (χ1) is 11.0. The smallest absolute Gasteiger partial charge is 0.243 e. The number of nitrogens with zero attached hydrogens (tertiary/aromatic N) is 1. The fraction of sp³-hybridized carbons (Fsp3) is 0.278. The minimum Gasteiger partial charge on any atom is -0.243 e. The predicted molar refractivity (Wildman–Crippen MR) is 89.8 cm³/mol. The van der Waals surface area contributed by atoms with E-state index in [0.29, 0.717) is 5.41 Å². The van der Waals surface area contributed by atoms with Gasteiger partial charge in [-0.3, -0.25) is 0 Å². The van der Waals surface area contributed by atoms with Crippen LogP contribution in [-0.2, 0) is 10.0 Å². The Labute approximate surface area is 136 Å². The van der Waals surface area contributed by atoms with Crippen LogP contribution in [0.3, 0.4) is 0 Å². The molecule has 2 aromatic rings. The second-order valence-electron chi connectivity index (χ2n) is 6.61. The summed E-state index contributed by atoms with van der Waals surface area (Å²) >= 11 is 0. The molecule has 0 bridgehead atoms. The lowest BCUT2D eigenvalue weighted by Crippen LogP contribution is -2.13. The van der Waals surface area contributed by atoms with Crippen molar-refractivity contribution in [2.75, 3.05) is 0 Å². The summed E-state index contributed by atoms with van der Waals surface area (Å²) in [5.74, 6) is 0.